The fraction of sp³-hybridized carbons (Fsp3) is 0.444. The monoisotopic (exact) mass is 315 g/mol. The molecule has 0 fully saturated rings. The molecule has 0 radical (unpaired) electrons. The lowest BCUT2D eigenvalue weighted by Crippen LogP contribution is -2.42. The molecule has 5 nitrogen and oxygen atoms in total. The molecular weight excluding hydrogens is 290 g/mol. The number of benzene rings is 1. The van der Waals surface area contributed by atoms with Crippen molar-refractivity contribution < 1.29 is 9.59 Å². The Labute approximate surface area is 137 Å². The first-order chi connectivity index (χ1) is 11.0. The Kier molecular flexibility index (Phi) is 5.79. The molecule has 2 amide bonds. The number of nitrogens with one attached hydrogen (secondary N) is 1. The summed E-state index contributed by atoms with van der Waals surface area (Å²) >= 11 is 0. The number of para-hydroxylation sites is 1. The summed E-state index contributed by atoms with van der Waals surface area (Å²) in [5.74, 6) is -0.106. The molecule has 2 aromatic rings. The summed E-state index contributed by atoms with van der Waals surface area (Å²) in [5.41, 5.74) is 1.13. The number of hydrogen-bond donors (Lipinski definition) is 1. The maximum absolute atomic E-state index is 12.4. The highest BCUT2D eigenvalue weighted by Gasteiger charge is 2.16. The predicted octanol–water partition coefficient (Wildman–Crippen LogP) is 2.40. The van der Waals surface area contributed by atoms with Gasteiger partial charge in [-0.25, -0.2) is 0 Å². The zero-order chi connectivity index (χ0) is 16.8. The fourth-order valence-corrected chi connectivity index (χ4v) is 2.63. The summed E-state index contributed by atoms with van der Waals surface area (Å²) in [7, 11) is 0. The number of fused-ring (bicyclic) bond motifs is 1. The van der Waals surface area contributed by atoms with Gasteiger partial charge in [-0.1, -0.05) is 18.2 Å². The van der Waals surface area contributed by atoms with Crippen LogP contribution in [0.2, 0.25) is 0 Å². The van der Waals surface area contributed by atoms with Gasteiger partial charge in [-0.15, -0.1) is 0 Å². The molecule has 0 atom stereocenters. The molecule has 1 N–H and O–H groups in total. The second-order valence-corrected chi connectivity index (χ2v) is 5.95. The molecule has 0 aliphatic rings. The minimum absolute atomic E-state index is 0.00388. The zero-order valence-electron chi connectivity index (χ0n) is 14.1. The maximum atomic E-state index is 12.4. The molecule has 5 heteroatoms. The molecule has 0 aliphatic carbocycles. The Morgan fingerprint density at radius 3 is 2.65 bits per heavy atom. The molecule has 2 rings (SSSR count). The summed E-state index contributed by atoms with van der Waals surface area (Å²) in [6.07, 6.45) is 2.39. The first-order valence-electron chi connectivity index (χ1n) is 8.12. The van der Waals surface area contributed by atoms with Crippen molar-refractivity contribution in [1.82, 2.24) is 14.8 Å². The van der Waals surface area contributed by atoms with Gasteiger partial charge in [0.25, 0.3) is 0 Å². The third-order valence-corrected chi connectivity index (χ3v) is 3.77. The minimum atomic E-state index is -0.110. The van der Waals surface area contributed by atoms with E-state index < -0.39 is 0 Å². The van der Waals surface area contributed by atoms with Gasteiger partial charge in [-0.2, -0.15) is 0 Å². The Morgan fingerprint density at radius 1 is 1.22 bits per heavy atom. The van der Waals surface area contributed by atoms with Gasteiger partial charge < -0.3 is 14.8 Å². The van der Waals surface area contributed by atoms with E-state index >= 15 is 0 Å². The van der Waals surface area contributed by atoms with Gasteiger partial charge in [-0.3, -0.25) is 9.59 Å². The number of carbonyl (C=O) groups is 2. The lowest BCUT2D eigenvalue weighted by atomic mass is 10.2. The van der Waals surface area contributed by atoms with Crippen LogP contribution in [0, 0.1) is 0 Å². The summed E-state index contributed by atoms with van der Waals surface area (Å²) in [5, 5.41) is 3.99. The van der Waals surface area contributed by atoms with Gasteiger partial charge in [0.2, 0.25) is 11.8 Å². The number of aromatic nitrogens is 1. The summed E-state index contributed by atoms with van der Waals surface area (Å²) in [6.45, 7) is 7.00. The molecule has 1 aromatic carbocycles. The van der Waals surface area contributed by atoms with Crippen molar-refractivity contribution in [1.29, 1.82) is 0 Å². The van der Waals surface area contributed by atoms with Gasteiger partial charge in [-0.05, 0) is 38.3 Å². The average Bonchev–Trinajstić information content (AvgIpc) is 2.93. The van der Waals surface area contributed by atoms with Crippen LogP contribution >= 0.6 is 0 Å². The van der Waals surface area contributed by atoms with Crippen LogP contribution in [0.4, 0.5) is 0 Å². The van der Waals surface area contributed by atoms with Crippen molar-refractivity contribution >= 4 is 22.7 Å². The van der Waals surface area contributed by atoms with E-state index in [1.165, 1.54) is 5.39 Å². The first-order valence-corrected chi connectivity index (χ1v) is 8.12. The van der Waals surface area contributed by atoms with E-state index in [-0.39, 0.29) is 24.4 Å². The fourth-order valence-electron chi connectivity index (χ4n) is 2.63. The smallest absolute Gasteiger partial charge is 0.239 e. The number of amides is 2. The van der Waals surface area contributed by atoms with E-state index in [0.717, 1.165) is 5.52 Å². The van der Waals surface area contributed by atoms with Gasteiger partial charge in [0, 0.05) is 37.3 Å². The number of rotatable bonds is 7. The van der Waals surface area contributed by atoms with Crippen LogP contribution in [0.3, 0.4) is 0 Å². The summed E-state index contributed by atoms with van der Waals surface area (Å²) in [6, 6.07) is 10.2. The maximum Gasteiger partial charge on any atom is 0.239 e. The number of likely N-dealkylation sites (N-methyl/N-ethyl adjacent to an activating group) is 1. The first kappa shape index (κ1) is 17.1. The lowest BCUT2D eigenvalue weighted by molar-refractivity contribution is -0.136. The topological polar surface area (TPSA) is 54.3 Å². The Balaban J connectivity index is 1.93. The van der Waals surface area contributed by atoms with Crippen LogP contribution in [0.25, 0.3) is 10.9 Å². The molecule has 0 spiro atoms. The Bertz CT molecular complexity index is 676. The van der Waals surface area contributed by atoms with Crippen LogP contribution in [-0.4, -0.2) is 40.4 Å². The molecule has 0 saturated heterocycles. The van der Waals surface area contributed by atoms with Crippen molar-refractivity contribution in [2.45, 2.75) is 39.8 Å². The van der Waals surface area contributed by atoms with Gasteiger partial charge in [0.05, 0.1) is 6.54 Å². The standard InChI is InChI=1S/C18H25N3O2/c1-4-20(13-17(22)19-14(2)3)18(23)10-12-21-11-9-15-7-5-6-8-16(15)21/h5-9,11,14H,4,10,12-13H2,1-3H3,(H,19,22). The molecule has 23 heavy (non-hydrogen) atoms. The van der Waals surface area contributed by atoms with Crippen LogP contribution in [0.5, 0.6) is 0 Å². The number of nitrogens with zero attached hydrogens (tertiary/aromatic N) is 2. The van der Waals surface area contributed by atoms with E-state index in [1.807, 2.05) is 51.2 Å². The van der Waals surface area contributed by atoms with Crippen LogP contribution in [0.15, 0.2) is 36.5 Å². The third kappa shape index (κ3) is 4.58. The van der Waals surface area contributed by atoms with Crippen LogP contribution < -0.4 is 5.32 Å². The van der Waals surface area contributed by atoms with Crippen molar-refractivity contribution in [2.24, 2.45) is 0 Å². The molecule has 124 valence electrons. The van der Waals surface area contributed by atoms with E-state index in [4.69, 9.17) is 0 Å². The van der Waals surface area contributed by atoms with Crippen molar-refractivity contribution in [3.63, 3.8) is 0 Å². The number of aryl methyl sites for hydroxylation is 1. The van der Waals surface area contributed by atoms with Gasteiger partial charge >= 0.3 is 0 Å². The summed E-state index contributed by atoms with van der Waals surface area (Å²) in [4.78, 5) is 25.8. The zero-order valence-corrected chi connectivity index (χ0v) is 14.1. The molecule has 0 saturated carbocycles. The quantitative estimate of drug-likeness (QED) is 0.853. The minimum Gasteiger partial charge on any atom is -0.352 e. The predicted molar refractivity (Wildman–Crippen MR) is 92.1 cm³/mol. The lowest BCUT2D eigenvalue weighted by Gasteiger charge is -2.21. The van der Waals surface area contributed by atoms with E-state index in [1.54, 1.807) is 4.90 Å². The van der Waals surface area contributed by atoms with Crippen LogP contribution in [0.1, 0.15) is 27.2 Å². The van der Waals surface area contributed by atoms with Crippen molar-refractivity contribution in [3.8, 4) is 0 Å². The molecule has 0 bridgehead atoms. The second-order valence-electron chi connectivity index (χ2n) is 5.95. The van der Waals surface area contributed by atoms with E-state index in [2.05, 4.69) is 16.0 Å². The molecule has 1 heterocycles. The van der Waals surface area contributed by atoms with Crippen LogP contribution in [-0.2, 0) is 16.1 Å². The van der Waals surface area contributed by atoms with E-state index in [9.17, 15) is 9.59 Å². The summed E-state index contributed by atoms with van der Waals surface area (Å²) < 4.78 is 2.08. The molecule has 0 aliphatic heterocycles. The molecular formula is C18H25N3O2. The molecule has 0 unspecified atom stereocenters. The highest BCUT2D eigenvalue weighted by atomic mass is 16.2. The number of hydrogen-bond acceptors (Lipinski definition) is 2. The van der Waals surface area contributed by atoms with E-state index in [0.29, 0.717) is 19.5 Å². The Hall–Kier alpha value is -2.30. The van der Waals surface area contributed by atoms with Crippen molar-refractivity contribution in [3.05, 3.63) is 36.5 Å². The third-order valence-electron chi connectivity index (χ3n) is 3.77. The van der Waals surface area contributed by atoms with Gasteiger partial charge in [0.1, 0.15) is 0 Å². The van der Waals surface area contributed by atoms with Gasteiger partial charge in [0.15, 0.2) is 0 Å². The highest BCUT2D eigenvalue weighted by molar-refractivity contribution is 5.85. The molecule has 1 aromatic heterocycles. The largest absolute Gasteiger partial charge is 0.352 e. The van der Waals surface area contributed by atoms with Crippen molar-refractivity contribution in [2.75, 3.05) is 13.1 Å². The average molecular weight is 315 g/mol. The normalized spacial score (nSPS) is 11.0. The highest BCUT2D eigenvalue weighted by Crippen LogP contribution is 2.15. The Morgan fingerprint density at radius 2 is 1.96 bits per heavy atom. The SMILES string of the molecule is CCN(CC(=O)NC(C)C)C(=O)CCn1ccc2ccccc21. The second kappa shape index (κ2) is 7.81. The number of carbonyl (C=O) groups excluding carboxylic acids is 2.